The molecule has 3 nitrogen and oxygen atoms in total. The van der Waals surface area contributed by atoms with Crippen LogP contribution >= 0.6 is 11.6 Å². The largest absolute Gasteiger partial charge is 0.392 e. The summed E-state index contributed by atoms with van der Waals surface area (Å²) in [5.74, 6) is 0.900. The van der Waals surface area contributed by atoms with Crippen LogP contribution < -0.4 is 4.90 Å². The van der Waals surface area contributed by atoms with Crippen molar-refractivity contribution in [3.8, 4) is 0 Å². The Balaban J connectivity index is 2.90. The molecule has 90 valence electrons. The van der Waals surface area contributed by atoms with Gasteiger partial charge in [-0.15, -0.1) is 0 Å². The van der Waals surface area contributed by atoms with Crippen molar-refractivity contribution in [2.75, 3.05) is 18.0 Å². The smallest absolute Gasteiger partial charge is 0.128 e. The highest BCUT2D eigenvalue weighted by Crippen LogP contribution is 2.20. The van der Waals surface area contributed by atoms with E-state index in [9.17, 15) is 0 Å². The first-order chi connectivity index (χ1) is 7.72. The number of nitrogens with zero attached hydrogens (tertiary/aromatic N) is 2. The summed E-state index contributed by atoms with van der Waals surface area (Å²) in [5.41, 5.74) is 0.740. The maximum atomic E-state index is 9.15. The monoisotopic (exact) mass is 242 g/mol. The third kappa shape index (κ3) is 3.35. The van der Waals surface area contributed by atoms with Gasteiger partial charge in [0.1, 0.15) is 5.82 Å². The number of hydrogen-bond donors (Lipinski definition) is 1. The molecule has 0 aliphatic carbocycles. The van der Waals surface area contributed by atoms with Crippen LogP contribution in [0.15, 0.2) is 12.3 Å². The second-order valence-corrected chi connectivity index (χ2v) is 4.19. The fraction of sp³-hybridized carbons (Fsp3) is 0.583. The predicted octanol–water partition coefficient (Wildman–Crippen LogP) is 2.85. The summed E-state index contributed by atoms with van der Waals surface area (Å²) in [4.78, 5) is 6.53. The number of pyridine rings is 1. The van der Waals surface area contributed by atoms with E-state index >= 15 is 0 Å². The topological polar surface area (TPSA) is 36.4 Å². The number of hydrogen-bond acceptors (Lipinski definition) is 3. The van der Waals surface area contributed by atoms with E-state index in [1.807, 2.05) is 6.07 Å². The number of aliphatic hydroxyl groups is 1. The Bertz CT molecular complexity index is 325. The molecule has 1 aromatic heterocycles. The molecular formula is C12H19ClN2O. The van der Waals surface area contributed by atoms with Crippen LogP contribution in [0.3, 0.4) is 0 Å². The highest BCUT2D eigenvalue weighted by atomic mass is 35.5. The van der Waals surface area contributed by atoms with Crippen LogP contribution in [0.5, 0.6) is 0 Å². The van der Waals surface area contributed by atoms with Gasteiger partial charge in [-0.1, -0.05) is 25.4 Å². The molecule has 0 aliphatic heterocycles. The van der Waals surface area contributed by atoms with Gasteiger partial charge in [-0.25, -0.2) is 4.98 Å². The molecule has 0 aliphatic rings. The molecule has 1 N–H and O–H groups in total. The van der Waals surface area contributed by atoms with Gasteiger partial charge in [0.05, 0.1) is 11.6 Å². The lowest BCUT2D eigenvalue weighted by Gasteiger charge is -2.23. The first-order valence-corrected chi connectivity index (χ1v) is 6.10. The molecule has 4 heteroatoms. The van der Waals surface area contributed by atoms with Crippen molar-refractivity contribution in [2.45, 2.75) is 33.3 Å². The molecule has 1 rings (SSSR count). The van der Waals surface area contributed by atoms with Gasteiger partial charge < -0.3 is 10.0 Å². The SMILES string of the molecule is CCCN(CCC)c1cc(CO)c(Cl)cn1. The van der Waals surface area contributed by atoms with E-state index < -0.39 is 0 Å². The third-order valence-electron chi connectivity index (χ3n) is 2.40. The van der Waals surface area contributed by atoms with Crippen LogP contribution in [0.1, 0.15) is 32.3 Å². The summed E-state index contributed by atoms with van der Waals surface area (Å²) in [5, 5.41) is 9.68. The van der Waals surface area contributed by atoms with Gasteiger partial charge in [-0.2, -0.15) is 0 Å². The molecule has 0 saturated heterocycles. The van der Waals surface area contributed by atoms with Gasteiger partial charge in [0.25, 0.3) is 0 Å². The predicted molar refractivity (Wildman–Crippen MR) is 68.0 cm³/mol. The van der Waals surface area contributed by atoms with Crippen LogP contribution in [0.2, 0.25) is 5.02 Å². The summed E-state index contributed by atoms with van der Waals surface area (Å²) < 4.78 is 0. The van der Waals surface area contributed by atoms with Crippen molar-refractivity contribution in [1.82, 2.24) is 4.98 Å². The van der Waals surface area contributed by atoms with Crippen molar-refractivity contribution >= 4 is 17.4 Å². The molecule has 0 fully saturated rings. The van der Waals surface area contributed by atoms with E-state index in [0.29, 0.717) is 5.02 Å². The van der Waals surface area contributed by atoms with Gasteiger partial charge in [0.2, 0.25) is 0 Å². The van der Waals surface area contributed by atoms with Crippen LogP contribution in [-0.4, -0.2) is 23.2 Å². The fourth-order valence-corrected chi connectivity index (χ4v) is 1.81. The zero-order chi connectivity index (χ0) is 12.0. The van der Waals surface area contributed by atoms with Gasteiger partial charge >= 0.3 is 0 Å². The van der Waals surface area contributed by atoms with Gasteiger partial charge in [0.15, 0.2) is 0 Å². The molecule has 0 saturated carbocycles. The Morgan fingerprint density at radius 1 is 1.31 bits per heavy atom. The maximum absolute atomic E-state index is 9.15. The van der Waals surface area contributed by atoms with E-state index in [1.54, 1.807) is 6.20 Å². The lowest BCUT2D eigenvalue weighted by atomic mass is 10.2. The van der Waals surface area contributed by atoms with Crippen LogP contribution in [-0.2, 0) is 6.61 Å². The highest BCUT2D eigenvalue weighted by molar-refractivity contribution is 6.31. The second kappa shape index (κ2) is 6.71. The van der Waals surface area contributed by atoms with Gasteiger partial charge in [-0.05, 0) is 18.9 Å². The Kier molecular flexibility index (Phi) is 5.56. The first-order valence-electron chi connectivity index (χ1n) is 5.73. The van der Waals surface area contributed by atoms with Crippen LogP contribution in [0.4, 0.5) is 5.82 Å². The minimum absolute atomic E-state index is 0.0412. The van der Waals surface area contributed by atoms with Crippen molar-refractivity contribution in [2.24, 2.45) is 0 Å². The Morgan fingerprint density at radius 2 is 1.94 bits per heavy atom. The lowest BCUT2D eigenvalue weighted by Crippen LogP contribution is -2.25. The average Bonchev–Trinajstić information content (AvgIpc) is 2.29. The fourth-order valence-electron chi connectivity index (χ4n) is 1.64. The highest BCUT2D eigenvalue weighted by Gasteiger charge is 2.08. The summed E-state index contributed by atoms with van der Waals surface area (Å²) in [7, 11) is 0. The van der Waals surface area contributed by atoms with Crippen molar-refractivity contribution in [3.05, 3.63) is 22.8 Å². The molecule has 0 atom stereocenters. The molecule has 0 bridgehead atoms. The molecule has 0 aromatic carbocycles. The third-order valence-corrected chi connectivity index (χ3v) is 2.74. The van der Waals surface area contributed by atoms with Crippen molar-refractivity contribution < 1.29 is 5.11 Å². The Hall–Kier alpha value is -0.800. The van der Waals surface area contributed by atoms with E-state index in [-0.39, 0.29) is 6.61 Å². The Morgan fingerprint density at radius 3 is 2.44 bits per heavy atom. The summed E-state index contributed by atoms with van der Waals surface area (Å²) in [6.45, 7) is 6.21. The van der Waals surface area contributed by atoms with Crippen molar-refractivity contribution in [3.63, 3.8) is 0 Å². The molecule has 1 aromatic rings. The minimum Gasteiger partial charge on any atom is -0.392 e. The normalized spacial score (nSPS) is 10.5. The summed E-state index contributed by atoms with van der Waals surface area (Å²) in [6, 6.07) is 1.87. The standard InChI is InChI=1S/C12H19ClN2O/c1-3-5-15(6-4-2)12-7-10(9-16)11(13)8-14-12/h7-8,16H,3-6,9H2,1-2H3. The molecule has 0 spiro atoms. The van der Waals surface area contributed by atoms with Gasteiger partial charge in [0, 0.05) is 24.8 Å². The quantitative estimate of drug-likeness (QED) is 0.834. The zero-order valence-electron chi connectivity index (χ0n) is 9.91. The van der Waals surface area contributed by atoms with Crippen LogP contribution in [0, 0.1) is 0 Å². The molecule has 0 radical (unpaired) electrons. The molecular weight excluding hydrogens is 224 g/mol. The average molecular weight is 243 g/mol. The number of aromatic nitrogens is 1. The second-order valence-electron chi connectivity index (χ2n) is 3.78. The molecule has 16 heavy (non-hydrogen) atoms. The van der Waals surface area contributed by atoms with Crippen molar-refractivity contribution in [1.29, 1.82) is 0 Å². The maximum Gasteiger partial charge on any atom is 0.128 e. The zero-order valence-corrected chi connectivity index (χ0v) is 10.7. The minimum atomic E-state index is -0.0412. The molecule has 0 unspecified atom stereocenters. The van der Waals surface area contributed by atoms with E-state index in [2.05, 4.69) is 23.7 Å². The van der Waals surface area contributed by atoms with Gasteiger partial charge in [-0.3, -0.25) is 0 Å². The number of halogens is 1. The number of anilines is 1. The summed E-state index contributed by atoms with van der Waals surface area (Å²) >= 11 is 5.91. The molecule has 0 amide bonds. The lowest BCUT2D eigenvalue weighted by molar-refractivity contribution is 0.282. The number of aliphatic hydroxyl groups excluding tert-OH is 1. The molecule has 1 heterocycles. The first kappa shape index (κ1) is 13.3. The van der Waals surface area contributed by atoms with E-state index in [4.69, 9.17) is 16.7 Å². The Labute approximate surface area is 102 Å². The van der Waals surface area contributed by atoms with E-state index in [0.717, 1.165) is 37.3 Å². The van der Waals surface area contributed by atoms with E-state index in [1.165, 1.54) is 0 Å². The summed E-state index contributed by atoms with van der Waals surface area (Å²) in [6.07, 6.45) is 3.78. The number of rotatable bonds is 6. The van der Waals surface area contributed by atoms with Crippen LogP contribution in [0.25, 0.3) is 0 Å².